The minimum absolute atomic E-state index is 0.161. The minimum atomic E-state index is -4.77. The number of nitrogens with zero attached hydrogens (tertiary/aromatic N) is 4. The van der Waals surface area contributed by atoms with Crippen molar-refractivity contribution < 1.29 is 22.7 Å². The first-order valence-electron chi connectivity index (χ1n) is 14.8. The van der Waals surface area contributed by atoms with Gasteiger partial charge in [-0.3, -0.25) is 9.69 Å². The van der Waals surface area contributed by atoms with Crippen LogP contribution in [0.2, 0.25) is 0 Å². The first-order valence-corrected chi connectivity index (χ1v) is 14.8. The molecule has 232 valence electrons. The van der Waals surface area contributed by atoms with Crippen LogP contribution in [-0.2, 0) is 12.8 Å². The van der Waals surface area contributed by atoms with E-state index in [2.05, 4.69) is 22.4 Å². The van der Waals surface area contributed by atoms with Crippen LogP contribution in [0.15, 0.2) is 109 Å². The Morgan fingerprint density at radius 2 is 1.70 bits per heavy atom. The SMILES string of the molecule is CN(C1CC1)C(c1cccc(NC(=O)c2cc(C(F)(F)F)nn2-c2cccc(C#N)c2)c1)c1cccc(OCc2ccccc2)c1. The van der Waals surface area contributed by atoms with E-state index in [4.69, 9.17) is 4.74 Å². The zero-order valence-corrected chi connectivity index (χ0v) is 24.9. The topological polar surface area (TPSA) is 83.2 Å². The highest BCUT2D eigenvalue weighted by molar-refractivity contribution is 6.03. The molecule has 1 aromatic heterocycles. The van der Waals surface area contributed by atoms with Crippen LogP contribution in [0, 0.1) is 11.3 Å². The van der Waals surface area contributed by atoms with E-state index in [0.717, 1.165) is 40.0 Å². The highest BCUT2D eigenvalue weighted by Gasteiger charge is 2.36. The Kier molecular flexibility index (Phi) is 8.59. The van der Waals surface area contributed by atoms with E-state index in [9.17, 15) is 23.2 Å². The fraction of sp³-hybridized carbons (Fsp3) is 0.194. The molecule has 1 unspecified atom stereocenters. The Morgan fingerprint density at radius 1 is 0.978 bits per heavy atom. The summed E-state index contributed by atoms with van der Waals surface area (Å²) < 4.78 is 48.0. The van der Waals surface area contributed by atoms with E-state index in [0.29, 0.717) is 24.4 Å². The van der Waals surface area contributed by atoms with Crippen LogP contribution in [0.25, 0.3) is 5.69 Å². The van der Waals surface area contributed by atoms with Crippen LogP contribution in [0.1, 0.15) is 57.3 Å². The summed E-state index contributed by atoms with van der Waals surface area (Å²) in [4.78, 5) is 15.8. The number of anilines is 1. The first kappa shape index (κ1) is 30.6. The van der Waals surface area contributed by atoms with Crippen LogP contribution in [-0.4, -0.2) is 33.7 Å². The predicted octanol–water partition coefficient (Wildman–Crippen LogP) is 7.78. The average molecular weight is 622 g/mol. The summed E-state index contributed by atoms with van der Waals surface area (Å²) in [5, 5.41) is 15.7. The lowest BCUT2D eigenvalue weighted by Crippen LogP contribution is -2.27. The zero-order chi connectivity index (χ0) is 32.3. The van der Waals surface area contributed by atoms with Crippen molar-refractivity contribution in [3.63, 3.8) is 0 Å². The molecule has 0 saturated heterocycles. The van der Waals surface area contributed by atoms with Crippen molar-refractivity contribution in [3.8, 4) is 17.5 Å². The summed E-state index contributed by atoms with van der Waals surface area (Å²) in [7, 11) is 2.07. The smallest absolute Gasteiger partial charge is 0.435 e. The van der Waals surface area contributed by atoms with E-state index in [1.54, 1.807) is 6.07 Å². The standard InChI is InChI=1S/C36H30F3N5O2/c1-43(29-16-17-29)34(27-12-7-15-31(20-27)46-23-24-8-3-2-4-9-24)26-11-6-13-28(19-26)41-35(45)32-21-33(36(37,38)39)42-44(32)30-14-5-10-25(18-30)22-40/h2-15,18-21,29,34H,16-17,23H2,1H3,(H,41,45). The van der Waals surface area contributed by atoms with Crippen LogP contribution < -0.4 is 10.1 Å². The molecule has 0 aliphatic heterocycles. The van der Waals surface area contributed by atoms with Gasteiger partial charge in [0.1, 0.15) is 18.1 Å². The monoisotopic (exact) mass is 621 g/mol. The van der Waals surface area contributed by atoms with E-state index < -0.39 is 17.8 Å². The van der Waals surface area contributed by atoms with Gasteiger partial charge in [0.25, 0.3) is 5.91 Å². The second kappa shape index (κ2) is 12.9. The molecular weight excluding hydrogens is 591 g/mol. The Morgan fingerprint density at radius 3 is 2.41 bits per heavy atom. The van der Waals surface area contributed by atoms with Crippen LogP contribution in [0.5, 0.6) is 5.75 Å². The third-order valence-corrected chi connectivity index (χ3v) is 7.86. The van der Waals surface area contributed by atoms with Crippen molar-refractivity contribution in [2.24, 2.45) is 0 Å². The van der Waals surface area contributed by atoms with Gasteiger partial charge < -0.3 is 10.1 Å². The maximum Gasteiger partial charge on any atom is 0.435 e. The number of rotatable bonds is 10. The molecule has 1 N–H and O–H groups in total. The molecule has 1 fully saturated rings. The molecule has 4 aromatic carbocycles. The molecule has 1 saturated carbocycles. The molecular formula is C36H30F3N5O2. The lowest BCUT2D eigenvalue weighted by Gasteiger charge is -2.29. The normalized spacial score (nSPS) is 13.7. The van der Waals surface area contributed by atoms with Gasteiger partial charge >= 0.3 is 6.18 Å². The molecule has 6 rings (SSSR count). The zero-order valence-electron chi connectivity index (χ0n) is 24.9. The van der Waals surface area contributed by atoms with Crippen LogP contribution in [0.3, 0.4) is 0 Å². The number of carbonyl (C=O) groups is 1. The molecule has 0 radical (unpaired) electrons. The van der Waals surface area contributed by atoms with Crippen molar-refractivity contribution in [2.45, 2.75) is 37.7 Å². The van der Waals surface area contributed by atoms with Crippen LogP contribution >= 0.6 is 0 Å². The van der Waals surface area contributed by atoms with E-state index in [-0.39, 0.29) is 23.0 Å². The fourth-order valence-electron chi connectivity index (χ4n) is 5.44. The molecule has 0 spiro atoms. The third-order valence-electron chi connectivity index (χ3n) is 7.86. The summed E-state index contributed by atoms with van der Waals surface area (Å²) in [6.45, 7) is 0.433. The molecule has 1 aliphatic carbocycles. The van der Waals surface area contributed by atoms with Gasteiger partial charge in [-0.25, -0.2) is 4.68 Å². The largest absolute Gasteiger partial charge is 0.489 e. The quantitative estimate of drug-likeness (QED) is 0.172. The lowest BCUT2D eigenvalue weighted by atomic mass is 9.96. The molecule has 1 atom stereocenters. The third kappa shape index (κ3) is 6.95. The number of amides is 1. The van der Waals surface area contributed by atoms with E-state index >= 15 is 0 Å². The Balaban J connectivity index is 1.29. The number of carbonyl (C=O) groups excluding carboxylic acids is 1. The van der Waals surface area contributed by atoms with Gasteiger partial charge in [-0.2, -0.15) is 23.5 Å². The van der Waals surface area contributed by atoms with Gasteiger partial charge in [0.15, 0.2) is 5.69 Å². The number of ether oxygens (including phenoxy) is 1. The molecule has 10 heteroatoms. The fourth-order valence-corrected chi connectivity index (χ4v) is 5.44. The summed E-state index contributed by atoms with van der Waals surface area (Å²) in [6.07, 6.45) is -2.62. The lowest BCUT2D eigenvalue weighted by molar-refractivity contribution is -0.141. The van der Waals surface area contributed by atoms with Gasteiger partial charge in [-0.05, 0) is 79.0 Å². The number of aromatic nitrogens is 2. The highest BCUT2D eigenvalue weighted by atomic mass is 19.4. The summed E-state index contributed by atoms with van der Waals surface area (Å²) in [6, 6.07) is 33.9. The van der Waals surface area contributed by atoms with Gasteiger partial charge in [0.2, 0.25) is 0 Å². The molecule has 46 heavy (non-hydrogen) atoms. The number of nitrogens with one attached hydrogen (secondary N) is 1. The number of nitriles is 1. The maximum absolute atomic E-state index is 13.7. The second-order valence-electron chi connectivity index (χ2n) is 11.2. The van der Waals surface area contributed by atoms with Crippen molar-refractivity contribution in [1.82, 2.24) is 14.7 Å². The van der Waals surface area contributed by atoms with Crippen molar-refractivity contribution in [2.75, 3.05) is 12.4 Å². The van der Waals surface area contributed by atoms with E-state index in [1.807, 2.05) is 78.9 Å². The Hall–Kier alpha value is -5.40. The van der Waals surface area contributed by atoms with Crippen molar-refractivity contribution in [3.05, 3.63) is 143 Å². The van der Waals surface area contributed by atoms with Crippen molar-refractivity contribution in [1.29, 1.82) is 5.26 Å². The molecule has 7 nitrogen and oxygen atoms in total. The maximum atomic E-state index is 13.7. The molecule has 1 aliphatic rings. The number of halogens is 3. The Labute approximate surface area is 264 Å². The summed E-state index contributed by atoms with van der Waals surface area (Å²) in [5.74, 6) is -0.0416. The van der Waals surface area contributed by atoms with Gasteiger partial charge in [-0.15, -0.1) is 0 Å². The van der Waals surface area contributed by atoms with E-state index in [1.165, 1.54) is 24.3 Å². The molecule has 0 bridgehead atoms. The van der Waals surface area contributed by atoms with Crippen molar-refractivity contribution >= 4 is 11.6 Å². The number of hydrogen-bond acceptors (Lipinski definition) is 5. The number of hydrogen-bond donors (Lipinski definition) is 1. The minimum Gasteiger partial charge on any atom is -0.489 e. The molecule has 1 heterocycles. The molecule has 5 aromatic rings. The number of benzene rings is 4. The summed E-state index contributed by atoms with van der Waals surface area (Å²) >= 11 is 0. The summed E-state index contributed by atoms with van der Waals surface area (Å²) in [5.41, 5.74) is 2.24. The Bertz CT molecular complexity index is 1890. The van der Waals surface area contributed by atoms with Gasteiger partial charge in [-0.1, -0.05) is 60.7 Å². The second-order valence-corrected chi connectivity index (χ2v) is 11.2. The first-order chi connectivity index (χ1) is 22.2. The van der Waals surface area contributed by atoms with Gasteiger partial charge in [0, 0.05) is 17.8 Å². The number of alkyl halides is 3. The van der Waals surface area contributed by atoms with Crippen LogP contribution in [0.4, 0.5) is 18.9 Å². The highest BCUT2D eigenvalue weighted by Crippen LogP contribution is 2.38. The average Bonchev–Trinajstić information content (AvgIpc) is 3.81. The molecule has 1 amide bonds. The predicted molar refractivity (Wildman–Crippen MR) is 168 cm³/mol. The van der Waals surface area contributed by atoms with Gasteiger partial charge in [0.05, 0.1) is 23.4 Å².